The van der Waals surface area contributed by atoms with Gasteiger partial charge in [0.2, 0.25) is 5.91 Å². The van der Waals surface area contributed by atoms with Gasteiger partial charge in [0.15, 0.2) is 0 Å². The van der Waals surface area contributed by atoms with E-state index in [4.69, 9.17) is 10.5 Å². The predicted octanol–water partition coefficient (Wildman–Crippen LogP) is 3.02. The summed E-state index contributed by atoms with van der Waals surface area (Å²) in [6.07, 6.45) is -4.37. The largest absolute Gasteiger partial charge is 0.416 e. The fourth-order valence-corrected chi connectivity index (χ4v) is 2.60. The van der Waals surface area contributed by atoms with Crippen LogP contribution in [0, 0.1) is 0 Å². The highest BCUT2D eigenvalue weighted by Gasteiger charge is 2.30. The molecule has 0 radical (unpaired) electrons. The topological polar surface area (TPSA) is 67.6 Å². The van der Waals surface area contributed by atoms with E-state index in [0.29, 0.717) is 18.7 Å². The maximum Gasteiger partial charge on any atom is 0.416 e. The van der Waals surface area contributed by atoms with Crippen molar-refractivity contribution in [2.75, 3.05) is 33.4 Å². The number of rotatable bonds is 9. The number of nitrogens with zero attached hydrogens (tertiary/aromatic N) is 1. The number of nitrogens with two attached hydrogens (primary N) is 1. The van der Waals surface area contributed by atoms with Crippen LogP contribution in [0.2, 0.25) is 0 Å². The number of nitrogens with one attached hydrogen (secondary N) is 1. The molecular formula is C17H28Cl2F3N3O2. The maximum absolute atomic E-state index is 12.7. The molecule has 1 aromatic rings. The number of carbonyl (C=O) groups excluding carboxylic acids is 1. The second-order valence-corrected chi connectivity index (χ2v) is 5.66. The Morgan fingerprint density at radius 1 is 1.19 bits per heavy atom. The Morgan fingerprint density at radius 3 is 2.11 bits per heavy atom. The number of benzene rings is 1. The van der Waals surface area contributed by atoms with E-state index in [2.05, 4.69) is 10.2 Å². The Hall–Kier alpha value is -1.06. The molecule has 0 aromatic heterocycles. The number of hydrogen-bond acceptors (Lipinski definition) is 4. The summed E-state index contributed by atoms with van der Waals surface area (Å²) in [6.45, 7) is 5.66. The lowest BCUT2D eigenvalue weighted by Gasteiger charge is -2.30. The van der Waals surface area contributed by atoms with Crippen molar-refractivity contribution in [2.45, 2.75) is 32.1 Å². The average Bonchev–Trinajstić information content (AvgIpc) is 2.58. The van der Waals surface area contributed by atoms with E-state index in [-0.39, 0.29) is 49.9 Å². The smallest absolute Gasteiger partial charge is 0.383 e. The van der Waals surface area contributed by atoms with Gasteiger partial charge in [-0.15, -0.1) is 24.8 Å². The van der Waals surface area contributed by atoms with E-state index >= 15 is 0 Å². The zero-order valence-corrected chi connectivity index (χ0v) is 17.2. The lowest BCUT2D eigenvalue weighted by atomic mass is 10.0. The molecule has 2 atom stereocenters. The SMILES string of the molecule is CCN(CC)C(CNC(=O)C(N)COC)c1ccc(C(F)(F)F)cc1.Cl.Cl. The second-order valence-electron chi connectivity index (χ2n) is 5.66. The summed E-state index contributed by atoms with van der Waals surface area (Å²) in [4.78, 5) is 14.0. The molecule has 0 aliphatic heterocycles. The molecule has 0 saturated carbocycles. The van der Waals surface area contributed by atoms with Crippen LogP contribution in [0.3, 0.4) is 0 Å². The first kappa shape index (κ1) is 28.2. The van der Waals surface area contributed by atoms with E-state index < -0.39 is 17.8 Å². The van der Waals surface area contributed by atoms with Gasteiger partial charge in [0.1, 0.15) is 6.04 Å². The van der Waals surface area contributed by atoms with Crippen LogP contribution in [0.25, 0.3) is 0 Å². The second kappa shape index (κ2) is 13.2. The van der Waals surface area contributed by atoms with Crippen molar-refractivity contribution in [3.63, 3.8) is 0 Å². The molecule has 0 spiro atoms. The number of amides is 1. The van der Waals surface area contributed by atoms with Gasteiger partial charge in [-0.1, -0.05) is 26.0 Å². The van der Waals surface area contributed by atoms with Gasteiger partial charge in [-0.05, 0) is 30.8 Å². The van der Waals surface area contributed by atoms with Crippen LogP contribution in [0.1, 0.15) is 31.0 Å². The highest BCUT2D eigenvalue weighted by Crippen LogP contribution is 2.30. The molecule has 0 aliphatic rings. The predicted molar refractivity (Wildman–Crippen MR) is 104 cm³/mol. The molecule has 1 rings (SSSR count). The van der Waals surface area contributed by atoms with E-state index in [1.807, 2.05) is 13.8 Å². The van der Waals surface area contributed by atoms with E-state index in [1.54, 1.807) is 0 Å². The lowest BCUT2D eigenvalue weighted by molar-refractivity contribution is -0.137. The van der Waals surface area contributed by atoms with Crippen LogP contribution in [0.4, 0.5) is 13.2 Å². The molecule has 0 bridgehead atoms. The molecule has 3 N–H and O–H groups in total. The third-order valence-electron chi connectivity index (χ3n) is 4.03. The van der Waals surface area contributed by atoms with E-state index in [0.717, 1.165) is 12.1 Å². The Kier molecular flexibility index (Phi) is 13.7. The molecule has 0 saturated heterocycles. The zero-order valence-electron chi connectivity index (χ0n) is 15.6. The van der Waals surface area contributed by atoms with Crippen molar-refractivity contribution in [2.24, 2.45) is 5.73 Å². The van der Waals surface area contributed by atoms with Crippen LogP contribution in [-0.2, 0) is 15.7 Å². The van der Waals surface area contributed by atoms with Gasteiger partial charge in [0.05, 0.1) is 18.2 Å². The van der Waals surface area contributed by atoms with Gasteiger partial charge in [0.25, 0.3) is 0 Å². The summed E-state index contributed by atoms with van der Waals surface area (Å²) in [5, 5.41) is 2.75. The zero-order chi connectivity index (χ0) is 19.0. The number of ether oxygens (including phenoxy) is 1. The summed E-state index contributed by atoms with van der Waals surface area (Å²) in [7, 11) is 1.45. The third-order valence-corrected chi connectivity index (χ3v) is 4.03. The first-order valence-corrected chi connectivity index (χ1v) is 8.17. The molecule has 0 heterocycles. The minimum Gasteiger partial charge on any atom is -0.383 e. The number of alkyl halides is 3. The van der Waals surface area contributed by atoms with Crippen molar-refractivity contribution in [1.82, 2.24) is 10.2 Å². The molecule has 0 aliphatic carbocycles. The van der Waals surface area contributed by atoms with Gasteiger partial charge in [-0.2, -0.15) is 13.2 Å². The molecule has 5 nitrogen and oxygen atoms in total. The first-order chi connectivity index (χ1) is 11.7. The fraction of sp³-hybridized carbons (Fsp3) is 0.588. The fourth-order valence-electron chi connectivity index (χ4n) is 2.60. The highest BCUT2D eigenvalue weighted by molar-refractivity contribution is 5.85. The van der Waals surface area contributed by atoms with Gasteiger partial charge in [0, 0.05) is 13.7 Å². The molecule has 1 amide bonds. The summed E-state index contributed by atoms with van der Waals surface area (Å²) < 4.78 is 43.0. The number of likely N-dealkylation sites (N-methyl/N-ethyl adjacent to an activating group) is 1. The van der Waals surface area contributed by atoms with Crippen molar-refractivity contribution in [1.29, 1.82) is 0 Å². The summed E-state index contributed by atoms with van der Waals surface area (Å²) in [5.74, 6) is -0.356. The Morgan fingerprint density at radius 2 is 1.70 bits per heavy atom. The quantitative estimate of drug-likeness (QED) is 0.627. The third kappa shape index (κ3) is 8.66. The Labute approximate surface area is 170 Å². The minimum atomic E-state index is -4.37. The first-order valence-electron chi connectivity index (χ1n) is 8.17. The molecule has 1 aromatic carbocycles. The van der Waals surface area contributed by atoms with Crippen LogP contribution in [0.5, 0.6) is 0 Å². The van der Waals surface area contributed by atoms with E-state index in [9.17, 15) is 18.0 Å². The number of methoxy groups -OCH3 is 1. The van der Waals surface area contributed by atoms with Gasteiger partial charge in [-0.25, -0.2) is 0 Å². The molecule has 27 heavy (non-hydrogen) atoms. The van der Waals surface area contributed by atoms with Gasteiger partial charge in [-0.3, -0.25) is 9.69 Å². The maximum atomic E-state index is 12.7. The van der Waals surface area contributed by atoms with Crippen molar-refractivity contribution >= 4 is 30.7 Å². The molecule has 10 heteroatoms. The summed E-state index contributed by atoms with van der Waals surface area (Å²) >= 11 is 0. The van der Waals surface area contributed by atoms with Crippen LogP contribution < -0.4 is 11.1 Å². The van der Waals surface area contributed by atoms with E-state index in [1.165, 1.54) is 19.2 Å². The molecular weight excluding hydrogens is 406 g/mol. The minimum absolute atomic E-state index is 0. The summed E-state index contributed by atoms with van der Waals surface area (Å²) in [6, 6.07) is 4.00. The standard InChI is InChI=1S/C17H26F3N3O2.2ClH/c1-4-23(5-2)15(10-22-16(24)14(21)11-25-3)12-6-8-13(9-7-12)17(18,19)20;;/h6-9,14-15H,4-5,10-11,21H2,1-3H3,(H,22,24);2*1H. The van der Waals surface area contributed by atoms with Crippen LogP contribution >= 0.6 is 24.8 Å². The van der Waals surface area contributed by atoms with Gasteiger partial charge >= 0.3 is 6.18 Å². The normalized spacial score (nSPS) is 13.3. The highest BCUT2D eigenvalue weighted by atomic mass is 35.5. The Bertz CT molecular complexity index is 541. The van der Waals surface area contributed by atoms with Crippen molar-refractivity contribution < 1.29 is 22.7 Å². The summed E-state index contributed by atoms with van der Waals surface area (Å²) in [5.41, 5.74) is 5.70. The monoisotopic (exact) mass is 433 g/mol. The number of carbonyl (C=O) groups is 1. The average molecular weight is 434 g/mol. The van der Waals surface area contributed by atoms with Gasteiger partial charge < -0.3 is 15.8 Å². The molecule has 2 unspecified atom stereocenters. The van der Waals surface area contributed by atoms with Crippen LogP contribution in [0.15, 0.2) is 24.3 Å². The number of halogens is 5. The van der Waals surface area contributed by atoms with Crippen molar-refractivity contribution in [3.8, 4) is 0 Å². The van der Waals surface area contributed by atoms with Crippen molar-refractivity contribution in [3.05, 3.63) is 35.4 Å². The molecule has 0 fully saturated rings. The lowest BCUT2D eigenvalue weighted by Crippen LogP contribution is -2.46. The Balaban J connectivity index is 0. The molecule has 158 valence electrons. The van der Waals surface area contributed by atoms with Crippen LogP contribution in [-0.4, -0.2) is 50.2 Å². The number of hydrogen-bond donors (Lipinski definition) is 2.